The number of fused-ring (bicyclic) bond motifs is 2. The number of hydrogen-bond acceptors (Lipinski definition) is 4. The Kier molecular flexibility index (Phi) is 6.27. The minimum atomic E-state index is -0.833. The van der Waals surface area contributed by atoms with Crippen molar-refractivity contribution in [2.24, 2.45) is 5.92 Å². The summed E-state index contributed by atoms with van der Waals surface area (Å²) in [6, 6.07) is 8.87. The Hall–Kier alpha value is -1.92. The second-order valence-electron chi connectivity index (χ2n) is 7.28. The fourth-order valence-electron chi connectivity index (χ4n) is 4.18. The summed E-state index contributed by atoms with van der Waals surface area (Å²) in [5.41, 5.74) is 2.72. The molecule has 26 heavy (non-hydrogen) atoms. The number of benzene rings is 1. The number of carboxylic acid groups (broad SMARTS) is 1. The molecule has 1 saturated heterocycles. The van der Waals surface area contributed by atoms with E-state index in [4.69, 9.17) is 14.6 Å². The average molecular weight is 360 g/mol. The van der Waals surface area contributed by atoms with Crippen LogP contribution < -0.4 is 5.32 Å². The van der Waals surface area contributed by atoms with Gasteiger partial charge in [-0.25, -0.2) is 0 Å². The standard InChI is InChI=1S/C18H24N2O2.C2H4O2/c21-18(14-5-6-17-16(11-14)19-8-10-22-17)20-9-7-13-3-1-2-4-15(13)12-20;1-2(3)4/h1-4,14,16-17,19H,5-12H2;1H3,(H,3,4)/t14-,16+,17+;/m0./s1. The molecule has 142 valence electrons. The number of morpholine rings is 1. The fraction of sp³-hybridized carbons (Fsp3) is 0.600. The van der Waals surface area contributed by atoms with Crippen LogP contribution in [0.2, 0.25) is 0 Å². The summed E-state index contributed by atoms with van der Waals surface area (Å²) in [5, 5.41) is 10.9. The molecule has 0 radical (unpaired) electrons. The van der Waals surface area contributed by atoms with E-state index < -0.39 is 5.97 Å². The van der Waals surface area contributed by atoms with Gasteiger partial charge in [0.1, 0.15) is 0 Å². The Morgan fingerprint density at radius 3 is 2.73 bits per heavy atom. The molecule has 2 aliphatic heterocycles. The molecule has 0 aromatic heterocycles. The van der Waals surface area contributed by atoms with Gasteiger partial charge in [0.2, 0.25) is 5.91 Å². The SMILES string of the molecule is CC(=O)O.O=C([C@H]1CC[C@H]2OCCN[C@@H]2C1)N1CCc2ccccc2C1. The van der Waals surface area contributed by atoms with Gasteiger partial charge in [0.25, 0.3) is 5.97 Å². The van der Waals surface area contributed by atoms with Gasteiger partial charge < -0.3 is 20.1 Å². The van der Waals surface area contributed by atoms with E-state index in [1.54, 1.807) is 0 Å². The average Bonchev–Trinajstić information content (AvgIpc) is 2.66. The lowest BCUT2D eigenvalue weighted by Gasteiger charge is -2.41. The Morgan fingerprint density at radius 2 is 1.96 bits per heavy atom. The highest BCUT2D eigenvalue weighted by molar-refractivity contribution is 5.79. The van der Waals surface area contributed by atoms with Crippen molar-refractivity contribution in [3.63, 3.8) is 0 Å². The summed E-state index contributed by atoms with van der Waals surface area (Å²) in [5.74, 6) is -0.318. The molecule has 0 spiro atoms. The summed E-state index contributed by atoms with van der Waals surface area (Å²) >= 11 is 0. The lowest BCUT2D eigenvalue weighted by Crippen LogP contribution is -2.53. The number of carbonyl (C=O) groups excluding carboxylic acids is 1. The molecular formula is C20H28N2O4. The van der Waals surface area contributed by atoms with Gasteiger partial charge in [0.15, 0.2) is 0 Å². The Labute approximate surface area is 154 Å². The van der Waals surface area contributed by atoms with E-state index in [0.717, 1.165) is 58.8 Å². The molecule has 6 heteroatoms. The number of ether oxygens (including phenoxy) is 1. The first-order valence-electron chi connectivity index (χ1n) is 9.44. The van der Waals surface area contributed by atoms with Crippen LogP contribution >= 0.6 is 0 Å². The Morgan fingerprint density at radius 1 is 1.23 bits per heavy atom. The van der Waals surface area contributed by atoms with Gasteiger partial charge >= 0.3 is 0 Å². The molecule has 4 rings (SSSR count). The largest absolute Gasteiger partial charge is 0.481 e. The summed E-state index contributed by atoms with van der Waals surface area (Å²) in [6.45, 7) is 4.45. The van der Waals surface area contributed by atoms with E-state index >= 15 is 0 Å². The third-order valence-corrected chi connectivity index (χ3v) is 5.42. The molecule has 0 bridgehead atoms. The maximum Gasteiger partial charge on any atom is 0.300 e. The summed E-state index contributed by atoms with van der Waals surface area (Å²) < 4.78 is 5.81. The predicted octanol–water partition coefficient (Wildman–Crippen LogP) is 1.82. The summed E-state index contributed by atoms with van der Waals surface area (Å²) in [6.07, 6.45) is 4.22. The smallest absolute Gasteiger partial charge is 0.300 e. The lowest BCUT2D eigenvalue weighted by molar-refractivity contribution is -0.140. The maximum absolute atomic E-state index is 12.9. The third-order valence-electron chi connectivity index (χ3n) is 5.42. The van der Waals surface area contributed by atoms with Crippen LogP contribution in [0.25, 0.3) is 0 Å². The van der Waals surface area contributed by atoms with Crippen LogP contribution in [0.4, 0.5) is 0 Å². The van der Waals surface area contributed by atoms with Gasteiger partial charge in [-0.15, -0.1) is 0 Å². The zero-order chi connectivity index (χ0) is 18.5. The zero-order valence-corrected chi connectivity index (χ0v) is 15.3. The quantitative estimate of drug-likeness (QED) is 0.799. The molecule has 3 atom stereocenters. The topological polar surface area (TPSA) is 78.9 Å². The molecule has 1 aromatic rings. The van der Waals surface area contributed by atoms with Crippen LogP contribution in [-0.4, -0.2) is 53.7 Å². The molecule has 3 aliphatic rings. The van der Waals surface area contributed by atoms with Gasteiger partial charge in [-0.3, -0.25) is 9.59 Å². The highest BCUT2D eigenvalue weighted by Crippen LogP contribution is 2.31. The van der Waals surface area contributed by atoms with Gasteiger partial charge in [0.05, 0.1) is 12.7 Å². The summed E-state index contributed by atoms with van der Waals surface area (Å²) in [7, 11) is 0. The van der Waals surface area contributed by atoms with Crippen LogP contribution in [0.15, 0.2) is 24.3 Å². The monoisotopic (exact) mass is 360 g/mol. The minimum absolute atomic E-state index is 0.167. The molecule has 1 saturated carbocycles. The highest BCUT2D eigenvalue weighted by atomic mass is 16.5. The maximum atomic E-state index is 12.9. The number of hydrogen-bond donors (Lipinski definition) is 2. The van der Waals surface area contributed by atoms with Crippen LogP contribution in [-0.2, 0) is 27.3 Å². The van der Waals surface area contributed by atoms with Crippen molar-refractivity contribution in [3.05, 3.63) is 35.4 Å². The number of rotatable bonds is 1. The first kappa shape index (κ1) is 18.9. The molecule has 0 unspecified atom stereocenters. The number of amides is 1. The molecule has 2 N–H and O–H groups in total. The molecule has 1 aromatic carbocycles. The number of nitrogens with zero attached hydrogens (tertiary/aromatic N) is 1. The van der Waals surface area contributed by atoms with Crippen molar-refractivity contribution in [1.82, 2.24) is 10.2 Å². The van der Waals surface area contributed by atoms with E-state index in [1.165, 1.54) is 11.1 Å². The van der Waals surface area contributed by atoms with Crippen LogP contribution in [0.5, 0.6) is 0 Å². The Balaban J connectivity index is 0.000000447. The van der Waals surface area contributed by atoms with Crippen molar-refractivity contribution in [3.8, 4) is 0 Å². The van der Waals surface area contributed by atoms with Gasteiger partial charge in [-0.1, -0.05) is 24.3 Å². The molecular weight excluding hydrogens is 332 g/mol. The first-order valence-corrected chi connectivity index (χ1v) is 9.44. The second kappa shape index (κ2) is 8.64. The van der Waals surface area contributed by atoms with Crippen LogP contribution in [0, 0.1) is 5.92 Å². The Bertz CT molecular complexity index is 644. The normalized spacial score (nSPS) is 27.4. The highest BCUT2D eigenvalue weighted by Gasteiger charge is 2.37. The number of carboxylic acids is 1. The van der Waals surface area contributed by atoms with Crippen molar-refractivity contribution < 1.29 is 19.4 Å². The molecule has 6 nitrogen and oxygen atoms in total. The molecule has 1 amide bonds. The predicted molar refractivity (Wildman–Crippen MR) is 97.7 cm³/mol. The first-order chi connectivity index (χ1) is 12.5. The third kappa shape index (κ3) is 4.62. The zero-order valence-electron chi connectivity index (χ0n) is 15.3. The van der Waals surface area contributed by atoms with Crippen LogP contribution in [0.3, 0.4) is 0 Å². The molecule has 2 fully saturated rings. The van der Waals surface area contributed by atoms with Crippen molar-refractivity contribution >= 4 is 11.9 Å². The summed E-state index contributed by atoms with van der Waals surface area (Å²) in [4.78, 5) is 24.0. The number of aliphatic carboxylic acids is 1. The van der Waals surface area contributed by atoms with Crippen LogP contribution in [0.1, 0.15) is 37.3 Å². The van der Waals surface area contributed by atoms with E-state index in [2.05, 4.69) is 34.5 Å². The van der Waals surface area contributed by atoms with E-state index in [1.807, 2.05) is 0 Å². The molecule has 1 aliphatic carbocycles. The minimum Gasteiger partial charge on any atom is -0.481 e. The van der Waals surface area contributed by atoms with Gasteiger partial charge in [0, 0.05) is 38.5 Å². The molecule has 2 heterocycles. The van der Waals surface area contributed by atoms with E-state index in [0.29, 0.717) is 18.1 Å². The lowest BCUT2D eigenvalue weighted by atomic mass is 9.82. The van der Waals surface area contributed by atoms with Gasteiger partial charge in [-0.05, 0) is 36.8 Å². The number of nitrogens with one attached hydrogen (secondary N) is 1. The van der Waals surface area contributed by atoms with E-state index in [9.17, 15) is 4.79 Å². The van der Waals surface area contributed by atoms with Crippen molar-refractivity contribution in [1.29, 1.82) is 0 Å². The van der Waals surface area contributed by atoms with Crippen molar-refractivity contribution in [2.45, 2.75) is 51.3 Å². The van der Waals surface area contributed by atoms with E-state index in [-0.39, 0.29) is 5.92 Å². The second-order valence-corrected chi connectivity index (χ2v) is 7.28. The van der Waals surface area contributed by atoms with Gasteiger partial charge in [-0.2, -0.15) is 0 Å². The fourth-order valence-corrected chi connectivity index (χ4v) is 4.18. The number of carbonyl (C=O) groups is 2. The van der Waals surface area contributed by atoms with Crippen molar-refractivity contribution in [2.75, 3.05) is 19.7 Å².